The van der Waals surface area contributed by atoms with Crippen LogP contribution in [0.15, 0.2) is 36.7 Å². The summed E-state index contributed by atoms with van der Waals surface area (Å²) in [6.07, 6.45) is 3.01. The van der Waals surface area contributed by atoms with Crippen molar-refractivity contribution in [1.82, 2.24) is 14.5 Å². The van der Waals surface area contributed by atoms with Crippen LogP contribution in [0.5, 0.6) is 5.88 Å². The van der Waals surface area contributed by atoms with Crippen LogP contribution in [0.3, 0.4) is 0 Å². The highest BCUT2D eigenvalue weighted by Crippen LogP contribution is 2.19. The molecule has 0 bridgehead atoms. The fraction of sp³-hybridized carbons (Fsp3) is 0.412. The lowest BCUT2D eigenvalue weighted by molar-refractivity contribution is -0.137. The summed E-state index contributed by atoms with van der Waals surface area (Å²) in [5.74, 6) is -0.668. The Morgan fingerprint density at radius 3 is 3.04 bits per heavy atom. The van der Waals surface area contributed by atoms with Gasteiger partial charge in [0.2, 0.25) is 5.91 Å². The van der Waals surface area contributed by atoms with E-state index in [2.05, 4.69) is 4.98 Å². The van der Waals surface area contributed by atoms with E-state index in [9.17, 15) is 9.18 Å². The van der Waals surface area contributed by atoms with E-state index in [4.69, 9.17) is 9.47 Å². The zero-order valence-corrected chi connectivity index (χ0v) is 13.5. The van der Waals surface area contributed by atoms with Gasteiger partial charge in [0.1, 0.15) is 12.7 Å². The van der Waals surface area contributed by atoms with Gasteiger partial charge in [-0.2, -0.15) is 0 Å². The highest BCUT2D eigenvalue weighted by molar-refractivity contribution is 5.77. The summed E-state index contributed by atoms with van der Waals surface area (Å²) in [4.78, 5) is 18.0. The fourth-order valence-corrected chi connectivity index (χ4v) is 2.72. The number of carbonyl (C=O) groups excluding carboxylic acids is 1. The Morgan fingerprint density at radius 2 is 2.25 bits per heavy atom. The molecule has 0 aromatic carbocycles. The highest BCUT2D eigenvalue weighted by Gasteiger charge is 2.26. The molecule has 0 N–H and O–H groups in total. The van der Waals surface area contributed by atoms with E-state index in [1.54, 1.807) is 4.90 Å². The van der Waals surface area contributed by atoms with E-state index in [0.29, 0.717) is 26.2 Å². The van der Waals surface area contributed by atoms with Gasteiger partial charge in [0.05, 0.1) is 19.6 Å². The lowest BCUT2D eigenvalue weighted by Crippen LogP contribution is -2.40. The van der Waals surface area contributed by atoms with E-state index >= 15 is 0 Å². The second-order valence-electron chi connectivity index (χ2n) is 5.59. The summed E-state index contributed by atoms with van der Waals surface area (Å²) in [5.41, 5.74) is 1.01. The molecule has 1 aliphatic rings. The van der Waals surface area contributed by atoms with Gasteiger partial charge < -0.3 is 18.9 Å². The van der Waals surface area contributed by atoms with Crippen LogP contribution < -0.4 is 4.74 Å². The minimum atomic E-state index is -0.512. The predicted molar refractivity (Wildman–Crippen MR) is 85.0 cm³/mol. The van der Waals surface area contributed by atoms with Gasteiger partial charge in [-0.25, -0.2) is 9.37 Å². The first-order valence-corrected chi connectivity index (χ1v) is 7.94. The Labute approximate surface area is 139 Å². The fourth-order valence-electron chi connectivity index (χ4n) is 2.72. The van der Waals surface area contributed by atoms with Crippen LogP contribution in [0, 0.1) is 5.82 Å². The minimum absolute atomic E-state index is 0.0296. The van der Waals surface area contributed by atoms with Crippen molar-refractivity contribution in [3.05, 3.63) is 48.2 Å². The number of pyridine rings is 1. The molecule has 0 saturated carbocycles. The van der Waals surface area contributed by atoms with Gasteiger partial charge >= 0.3 is 0 Å². The highest BCUT2D eigenvalue weighted by atomic mass is 19.1. The molecule has 0 unspecified atom stereocenters. The monoisotopic (exact) mass is 333 g/mol. The molecule has 6 nitrogen and oxygen atoms in total. The molecule has 7 heteroatoms. The summed E-state index contributed by atoms with van der Waals surface area (Å²) in [5, 5.41) is 0. The van der Waals surface area contributed by atoms with Crippen molar-refractivity contribution in [2.24, 2.45) is 0 Å². The maximum atomic E-state index is 13.8. The number of ether oxygens (including phenoxy) is 2. The molecule has 0 aliphatic carbocycles. The molecule has 3 heterocycles. The average Bonchev–Trinajstić information content (AvgIpc) is 2.93. The van der Waals surface area contributed by atoms with Crippen LogP contribution in [0.25, 0.3) is 0 Å². The van der Waals surface area contributed by atoms with E-state index in [0.717, 1.165) is 5.69 Å². The van der Waals surface area contributed by atoms with Crippen molar-refractivity contribution < 1.29 is 18.7 Å². The first-order valence-electron chi connectivity index (χ1n) is 7.94. The quantitative estimate of drug-likeness (QED) is 0.838. The van der Waals surface area contributed by atoms with Crippen LogP contribution in [-0.2, 0) is 22.6 Å². The molecule has 1 aliphatic heterocycles. The summed E-state index contributed by atoms with van der Waals surface area (Å²) < 4.78 is 26.8. The van der Waals surface area contributed by atoms with Crippen LogP contribution in [0.1, 0.15) is 12.6 Å². The molecule has 128 valence electrons. The average molecular weight is 333 g/mol. The number of amides is 1. The third-order valence-electron chi connectivity index (χ3n) is 3.89. The zero-order valence-electron chi connectivity index (χ0n) is 13.5. The molecular formula is C17H20FN3O3. The summed E-state index contributed by atoms with van der Waals surface area (Å²) in [7, 11) is 0. The van der Waals surface area contributed by atoms with Gasteiger partial charge in [-0.1, -0.05) is 0 Å². The Bertz CT molecular complexity index is 704. The molecule has 24 heavy (non-hydrogen) atoms. The zero-order chi connectivity index (χ0) is 16.9. The van der Waals surface area contributed by atoms with Gasteiger partial charge in [0, 0.05) is 24.7 Å². The largest absolute Gasteiger partial charge is 0.468 e. The lowest BCUT2D eigenvalue weighted by Gasteiger charge is -2.24. The van der Waals surface area contributed by atoms with Gasteiger partial charge in [0.15, 0.2) is 5.82 Å². The van der Waals surface area contributed by atoms with E-state index in [1.165, 1.54) is 18.3 Å². The Kier molecular flexibility index (Phi) is 5.10. The Balaban J connectivity index is 1.78. The molecule has 0 radical (unpaired) electrons. The molecule has 0 saturated heterocycles. The minimum Gasteiger partial charge on any atom is -0.468 e. The van der Waals surface area contributed by atoms with E-state index in [-0.39, 0.29) is 18.4 Å². The third kappa shape index (κ3) is 3.73. The summed E-state index contributed by atoms with van der Waals surface area (Å²) in [6, 6.07) is 6.70. The van der Waals surface area contributed by atoms with Crippen molar-refractivity contribution in [2.75, 3.05) is 19.8 Å². The summed E-state index contributed by atoms with van der Waals surface area (Å²) in [6.45, 7) is 3.71. The number of aromatic nitrogens is 2. The van der Waals surface area contributed by atoms with Crippen molar-refractivity contribution >= 4 is 5.91 Å². The van der Waals surface area contributed by atoms with E-state index < -0.39 is 11.9 Å². The molecule has 0 spiro atoms. The number of hydrogen-bond donors (Lipinski definition) is 0. The first kappa shape index (κ1) is 16.4. The molecule has 0 fully saturated rings. The van der Waals surface area contributed by atoms with Crippen molar-refractivity contribution in [3.8, 4) is 5.88 Å². The smallest absolute Gasteiger partial charge is 0.250 e. The van der Waals surface area contributed by atoms with Crippen molar-refractivity contribution in [3.63, 3.8) is 0 Å². The molecule has 3 rings (SSSR count). The maximum Gasteiger partial charge on any atom is 0.250 e. The number of carbonyl (C=O) groups is 1. The third-order valence-corrected chi connectivity index (χ3v) is 3.89. The molecular weight excluding hydrogens is 313 g/mol. The summed E-state index contributed by atoms with van der Waals surface area (Å²) >= 11 is 0. The second-order valence-corrected chi connectivity index (χ2v) is 5.59. The Morgan fingerprint density at radius 1 is 1.38 bits per heavy atom. The number of fused-ring (bicyclic) bond motifs is 1. The maximum absolute atomic E-state index is 13.8. The van der Waals surface area contributed by atoms with Crippen LogP contribution in [-0.4, -0.2) is 46.2 Å². The number of halogens is 1. The SMILES string of the molecule is CCOCC(=O)N1Cc2cccn2C[C@H](Oc2ncccc2F)C1. The lowest BCUT2D eigenvalue weighted by atomic mass is 10.3. The van der Waals surface area contributed by atoms with Crippen molar-refractivity contribution in [2.45, 2.75) is 26.1 Å². The van der Waals surface area contributed by atoms with Crippen LogP contribution >= 0.6 is 0 Å². The molecule has 2 aromatic rings. The number of rotatable bonds is 5. The normalized spacial score (nSPS) is 17.2. The second kappa shape index (κ2) is 7.44. The van der Waals surface area contributed by atoms with Gasteiger partial charge in [-0.15, -0.1) is 0 Å². The predicted octanol–water partition coefficient (Wildman–Crippen LogP) is 1.85. The molecule has 1 atom stereocenters. The molecule has 1 amide bonds. The van der Waals surface area contributed by atoms with Crippen LogP contribution in [0.2, 0.25) is 0 Å². The number of hydrogen-bond acceptors (Lipinski definition) is 4. The number of nitrogens with zero attached hydrogens (tertiary/aromatic N) is 3. The Hall–Kier alpha value is -2.41. The topological polar surface area (TPSA) is 56.6 Å². The van der Waals surface area contributed by atoms with Crippen molar-refractivity contribution in [1.29, 1.82) is 0 Å². The van der Waals surface area contributed by atoms with Crippen LogP contribution in [0.4, 0.5) is 4.39 Å². The van der Waals surface area contributed by atoms with Gasteiger partial charge in [-0.05, 0) is 31.2 Å². The van der Waals surface area contributed by atoms with Gasteiger partial charge in [-0.3, -0.25) is 4.79 Å². The van der Waals surface area contributed by atoms with E-state index in [1.807, 2.05) is 29.8 Å². The standard InChI is InChI=1S/C17H20FN3O3/c1-2-23-12-16(22)21-9-13-5-4-8-20(13)10-14(11-21)24-17-15(18)6-3-7-19-17/h3-8,14H,2,9-12H2,1H3/t14-/m0/s1. The molecule has 2 aromatic heterocycles. The first-order chi connectivity index (χ1) is 11.7. The van der Waals surface area contributed by atoms with Gasteiger partial charge in [0.25, 0.3) is 5.88 Å².